The van der Waals surface area contributed by atoms with Crippen molar-refractivity contribution in [3.8, 4) is 11.5 Å². The first-order valence-electron chi connectivity index (χ1n) is 7.26. The molecule has 124 valence electrons. The lowest BCUT2D eigenvalue weighted by Gasteiger charge is -2.39. The fourth-order valence-corrected chi connectivity index (χ4v) is 2.13. The van der Waals surface area contributed by atoms with Crippen LogP contribution in [0.25, 0.3) is 0 Å². The van der Waals surface area contributed by atoms with Gasteiger partial charge in [0.25, 0.3) is 0 Å². The summed E-state index contributed by atoms with van der Waals surface area (Å²) in [6.45, 7) is 2.14. The van der Waals surface area contributed by atoms with Crippen LogP contribution in [0.5, 0.6) is 11.5 Å². The maximum Gasteiger partial charge on any atom is 0.229 e. The molecule has 0 unspecified atom stereocenters. The molecule has 22 heavy (non-hydrogen) atoms. The number of benzene rings is 1. The second kappa shape index (κ2) is 7.75. The Balaban J connectivity index is 1.99. The zero-order valence-electron chi connectivity index (χ0n) is 12.3. The Kier molecular flexibility index (Phi) is 5.98. The fourth-order valence-electron chi connectivity index (χ4n) is 2.13. The predicted octanol–water partition coefficient (Wildman–Crippen LogP) is -0.346. The van der Waals surface area contributed by atoms with Crippen LogP contribution in [-0.4, -0.2) is 64.3 Å². The van der Waals surface area contributed by atoms with Gasteiger partial charge >= 0.3 is 0 Å². The molecule has 0 aliphatic carbocycles. The molecule has 0 amide bonds. The number of aliphatic hydroxyl groups is 4. The zero-order chi connectivity index (χ0) is 16.1. The Morgan fingerprint density at radius 3 is 2.23 bits per heavy atom. The van der Waals surface area contributed by atoms with E-state index in [1.54, 1.807) is 24.3 Å². The van der Waals surface area contributed by atoms with E-state index in [4.69, 9.17) is 19.3 Å². The molecule has 0 spiro atoms. The average molecular weight is 314 g/mol. The molecule has 4 N–H and O–H groups in total. The van der Waals surface area contributed by atoms with Crippen LogP contribution < -0.4 is 9.47 Å². The van der Waals surface area contributed by atoms with Crippen LogP contribution in [0, 0.1) is 0 Å². The van der Waals surface area contributed by atoms with Crippen LogP contribution in [0.3, 0.4) is 0 Å². The Bertz CT molecular complexity index is 448. The Hall–Kier alpha value is -1.38. The molecule has 5 atom stereocenters. The predicted molar refractivity (Wildman–Crippen MR) is 76.6 cm³/mol. The monoisotopic (exact) mass is 314 g/mol. The Morgan fingerprint density at radius 2 is 1.64 bits per heavy atom. The van der Waals surface area contributed by atoms with Crippen molar-refractivity contribution in [1.82, 2.24) is 0 Å². The van der Waals surface area contributed by atoms with Crippen molar-refractivity contribution >= 4 is 0 Å². The second-order valence-corrected chi connectivity index (χ2v) is 5.13. The summed E-state index contributed by atoms with van der Waals surface area (Å²) in [4.78, 5) is 0. The minimum absolute atomic E-state index is 0.410. The van der Waals surface area contributed by atoms with Gasteiger partial charge in [0.05, 0.1) is 13.2 Å². The van der Waals surface area contributed by atoms with Crippen LogP contribution in [0.2, 0.25) is 0 Å². The third-order valence-electron chi connectivity index (χ3n) is 3.40. The first-order valence-corrected chi connectivity index (χ1v) is 7.26. The molecule has 1 aromatic carbocycles. The molecule has 1 heterocycles. The summed E-state index contributed by atoms with van der Waals surface area (Å²) in [5, 5.41) is 38.4. The molecule has 1 aliphatic rings. The summed E-state index contributed by atoms with van der Waals surface area (Å²) in [6, 6.07) is 6.73. The first kappa shape index (κ1) is 17.0. The van der Waals surface area contributed by atoms with E-state index >= 15 is 0 Å². The normalized spacial score (nSPS) is 31.8. The summed E-state index contributed by atoms with van der Waals surface area (Å²) in [6.07, 6.45) is -5.54. The lowest BCUT2D eigenvalue weighted by atomic mass is 9.99. The molecule has 1 aliphatic heterocycles. The molecule has 0 saturated carbocycles. The minimum atomic E-state index is -1.46. The van der Waals surface area contributed by atoms with Crippen molar-refractivity contribution in [1.29, 1.82) is 0 Å². The van der Waals surface area contributed by atoms with Gasteiger partial charge in [0.2, 0.25) is 6.29 Å². The Morgan fingerprint density at radius 1 is 1.00 bits per heavy atom. The maximum atomic E-state index is 9.89. The highest BCUT2D eigenvalue weighted by Gasteiger charge is 2.44. The van der Waals surface area contributed by atoms with E-state index in [-0.39, 0.29) is 0 Å². The lowest BCUT2D eigenvalue weighted by molar-refractivity contribution is -0.277. The third kappa shape index (κ3) is 3.88. The minimum Gasteiger partial charge on any atom is -0.494 e. The van der Waals surface area contributed by atoms with Crippen LogP contribution in [0.4, 0.5) is 0 Å². The van der Waals surface area contributed by atoms with Crippen LogP contribution in [0.1, 0.15) is 13.3 Å². The van der Waals surface area contributed by atoms with Gasteiger partial charge in [-0.15, -0.1) is 0 Å². The SMILES string of the molecule is CCCOc1ccc(O[C@@H]2O[C@H](CO)[C@@H](O)[C@H](O)[C@H]2O)cc1. The van der Waals surface area contributed by atoms with E-state index in [9.17, 15) is 15.3 Å². The molecule has 1 fully saturated rings. The molecule has 0 aromatic heterocycles. The van der Waals surface area contributed by atoms with E-state index in [0.717, 1.165) is 6.42 Å². The molecule has 1 aromatic rings. The van der Waals surface area contributed by atoms with E-state index in [1.807, 2.05) is 6.92 Å². The zero-order valence-corrected chi connectivity index (χ0v) is 12.3. The van der Waals surface area contributed by atoms with E-state index in [0.29, 0.717) is 18.1 Å². The first-order chi connectivity index (χ1) is 10.6. The molecule has 0 radical (unpaired) electrons. The number of hydrogen-bond donors (Lipinski definition) is 4. The van der Waals surface area contributed by atoms with Crippen molar-refractivity contribution in [2.45, 2.75) is 44.1 Å². The molecular weight excluding hydrogens is 292 g/mol. The molecule has 2 rings (SSSR count). The van der Waals surface area contributed by atoms with Crippen molar-refractivity contribution in [3.05, 3.63) is 24.3 Å². The van der Waals surface area contributed by atoms with Crippen LogP contribution in [-0.2, 0) is 4.74 Å². The second-order valence-electron chi connectivity index (χ2n) is 5.13. The van der Waals surface area contributed by atoms with Crippen molar-refractivity contribution < 1.29 is 34.6 Å². The maximum absolute atomic E-state index is 9.89. The van der Waals surface area contributed by atoms with Gasteiger partial charge in [-0.05, 0) is 30.7 Å². The summed E-state index contributed by atoms with van der Waals surface area (Å²) in [5.41, 5.74) is 0. The van der Waals surface area contributed by atoms with Crippen molar-refractivity contribution in [2.75, 3.05) is 13.2 Å². The number of rotatable bonds is 6. The molecule has 0 bridgehead atoms. The lowest BCUT2D eigenvalue weighted by Crippen LogP contribution is -2.60. The van der Waals surface area contributed by atoms with E-state index in [2.05, 4.69) is 0 Å². The van der Waals surface area contributed by atoms with Gasteiger partial charge in [-0.25, -0.2) is 0 Å². The largest absolute Gasteiger partial charge is 0.494 e. The third-order valence-corrected chi connectivity index (χ3v) is 3.40. The van der Waals surface area contributed by atoms with E-state index < -0.39 is 37.3 Å². The van der Waals surface area contributed by atoms with E-state index in [1.165, 1.54) is 0 Å². The molecule has 1 saturated heterocycles. The Labute approximate surface area is 128 Å². The highest BCUT2D eigenvalue weighted by atomic mass is 16.7. The quantitative estimate of drug-likeness (QED) is 0.568. The van der Waals surface area contributed by atoms with Gasteiger partial charge in [0, 0.05) is 0 Å². The molecule has 7 heteroatoms. The summed E-state index contributed by atoms with van der Waals surface area (Å²) in [5.74, 6) is 1.11. The van der Waals surface area contributed by atoms with Crippen molar-refractivity contribution in [2.24, 2.45) is 0 Å². The van der Waals surface area contributed by atoms with Gasteiger partial charge in [0.15, 0.2) is 0 Å². The molecular formula is C15H22O7. The van der Waals surface area contributed by atoms with Crippen LogP contribution >= 0.6 is 0 Å². The fraction of sp³-hybridized carbons (Fsp3) is 0.600. The van der Waals surface area contributed by atoms with Gasteiger partial charge in [-0.2, -0.15) is 0 Å². The highest BCUT2D eigenvalue weighted by molar-refractivity contribution is 5.31. The summed E-state index contributed by atoms with van der Waals surface area (Å²) < 4.78 is 16.2. The standard InChI is InChI=1S/C15H22O7/c1-2-7-20-9-3-5-10(6-4-9)21-15-14(19)13(18)12(17)11(8-16)22-15/h3-6,11-19H,2,7-8H2,1H3/t11-,12-,13+,14-,15-/m1/s1. The number of ether oxygens (including phenoxy) is 3. The van der Waals surface area contributed by atoms with Gasteiger partial charge in [0.1, 0.15) is 35.9 Å². The van der Waals surface area contributed by atoms with Gasteiger partial charge in [-0.3, -0.25) is 0 Å². The topological polar surface area (TPSA) is 109 Å². The summed E-state index contributed by atoms with van der Waals surface area (Å²) in [7, 11) is 0. The van der Waals surface area contributed by atoms with Gasteiger partial charge < -0.3 is 34.6 Å². The molecule has 7 nitrogen and oxygen atoms in total. The number of aliphatic hydroxyl groups excluding tert-OH is 4. The van der Waals surface area contributed by atoms with Crippen LogP contribution in [0.15, 0.2) is 24.3 Å². The number of hydrogen-bond acceptors (Lipinski definition) is 7. The van der Waals surface area contributed by atoms with Gasteiger partial charge in [-0.1, -0.05) is 6.92 Å². The van der Waals surface area contributed by atoms with Crippen molar-refractivity contribution in [3.63, 3.8) is 0 Å². The highest BCUT2D eigenvalue weighted by Crippen LogP contribution is 2.25. The smallest absolute Gasteiger partial charge is 0.229 e. The average Bonchev–Trinajstić information content (AvgIpc) is 2.54. The summed E-state index contributed by atoms with van der Waals surface area (Å²) >= 11 is 0.